The van der Waals surface area contributed by atoms with Gasteiger partial charge < -0.3 is 0 Å². The number of hydrogen-bond donors (Lipinski definition) is 0. The minimum Gasteiger partial charge on any atom is -0.0801 e. The number of rotatable bonds is 2. The first-order valence-electron chi connectivity index (χ1n) is 5.96. The Morgan fingerprint density at radius 2 is 1.39 bits per heavy atom. The fourth-order valence-electron chi connectivity index (χ4n) is 2.28. The van der Waals surface area contributed by atoms with Gasteiger partial charge in [0.2, 0.25) is 0 Å². The normalized spacial score (nSPS) is 13.0. The maximum atomic E-state index is 2.21. The van der Waals surface area contributed by atoms with E-state index in [0.717, 1.165) is 6.42 Å². The molecule has 18 heavy (non-hydrogen) atoms. The molecule has 0 aromatic heterocycles. The summed E-state index contributed by atoms with van der Waals surface area (Å²) in [5.74, 6) is 0. The van der Waals surface area contributed by atoms with E-state index in [0.29, 0.717) is 0 Å². The van der Waals surface area contributed by atoms with Gasteiger partial charge in [-0.05, 0) is 28.7 Å². The minimum absolute atomic E-state index is 0. The molecule has 0 N–H and O–H groups in total. The molecular formula is C17H14Zr. The van der Waals surface area contributed by atoms with Gasteiger partial charge >= 0.3 is 0 Å². The Morgan fingerprint density at radius 3 is 2.06 bits per heavy atom. The largest absolute Gasteiger partial charge is 0.0801 e. The molecule has 2 aromatic rings. The average Bonchev–Trinajstić information content (AvgIpc) is 2.94. The van der Waals surface area contributed by atoms with Gasteiger partial charge in [0.25, 0.3) is 0 Å². The third-order valence-corrected chi connectivity index (χ3v) is 3.13. The van der Waals surface area contributed by atoms with Crippen molar-refractivity contribution in [3.63, 3.8) is 0 Å². The van der Waals surface area contributed by atoms with Crippen molar-refractivity contribution in [2.75, 3.05) is 0 Å². The zero-order valence-electron chi connectivity index (χ0n) is 10.1. The van der Waals surface area contributed by atoms with E-state index in [9.17, 15) is 0 Å². The van der Waals surface area contributed by atoms with Crippen molar-refractivity contribution in [1.82, 2.24) is 0 Å². The van der Waals surface area contributed by atoms with Crippen LogP contribution in [0, 0.1) is 0 Å². The number of benzene rings is 2. The van der Waals surface area contributed by atoms with Crippen LogP contribution < -0.4 is 0 Å². The molecule has 0 heterocycles. The monoisotopic (exact) mass is 308 g/mol. The standard InChI is InChI=1S/C17H14.Zr/c1-2-8-14(9-3-1)16-12-6-7-13-17(16)15-10-4-5-11-15;/h1-10,12-13H,11H2;. The summed E-state index contributed by atoms with van der Waals surface area (Å²) in [6, 6.07) is 19.2. The van der Waals surface area contributed by atoms with Gasteiger partial charge in [-0.1, -0.05) is 72.8 Å². The van der Waals surface area contributed by atoms with Crippen LogP contribution in [0.15, 0.2) is 72.8 Å². The molecule has 3 rings (SSSR count). The number of hydrogen-bond acceptors (Lipinski definition) is 0. The molecule has 86 valence electrons. The van der Waals surface area contributed by atoms with Gasteiger partial charge in [0.1, 0.15) is 0 Å². The smallest absolute Gasteiger partial charge is 0 e. The topological polar surface area (TPSA) is 0 Å². The second-order valence-electron chi connectivity index (χ2n) is 4.24. The second kappa shape index (κ2) is 6.11. The van der Waals surface area contributed by atoms with Crippen LogP contribution in [0.1, 0.15) is 12.0 Å². The summed E-state index contributed by atoms with van der Waals surface area (Å²) in [6.07, 6.45) is 7.60. The van der Waals surface area contributed by atoms with Crippen molar-refractivity contribution in [3.8, 4) is 11.1 Å². The first kappa shape index (κ1) is 13.2. The molecule has 1 heteroatoms. The summed E-state index contributed by atoms with van der Waals surface area (Å²) >= 11 is 0. The molecule has 2 aromatic carbocycles. The van der Waals surface area contributed by atoms with E-state index < -0.39 is 0 Å². The van der Waals surface area contributed by atoms with Crippen molar-refractivity contribution < 1.29 is 26.2 Å². The van der Waals surface area contributed by atoms with Crippen LogP contribution in [0.5, 0.6) is 0 Å². The molecule has 0 aliphatic heterocycles. The van der Waals surface area contributed by atoms with Crippen LogP contribution in [0.4, 0.5) is 0 Å². The molecule has 0 fully saturated rings. The molecule has 0 bridgehead atoms. The van der Waals surface area contributed by atoms with Crippen LogP contribution in [0.3, 0.4) is 0 Å². The summed E-state index contributed by atoms with van der Waals surface area (Å²) in [7, 11) is 0. The first-order chi connectivity index (χ1) is 8.45. The first-order valence-corrected chi connectivity index (χ1v) is 5.96. The van der Waals surface area contributed by atoms with Gasteiger partial charge in [0, 0.05) is 26.2 Å². The molecule has 0 atom stereocenters. The predicted octanol–water partition coefficient (Wildman–Crippen LogP) is 4.69. The molecular weight excluding hydrogens is 295 g/mol. The van der Waals surface area contributed by atoms with Crippen molar-refractivity contribution >= 4 is 5.57 Å². The SMILES string of the molecule is C1=CCC(c2ccccc2-c2ccccc2)=C1.[Zr]. The molecule has 0 saturated carbocycles. The van der Waals surface area contributed by atoms with Gasteiger partial charge in [-0.3, -0.25) is 0 Å². The van der Waals surface area contributed by atoms with E-state index in [-0.39, 0.29) is 26.2 Å². The Labute approximate surface area is 127 Å². The van der Waals surface area contributed by atoms with Gasteiger partial charge in [-0.25, -0.2) is 0 Å². The molecule has 0 amide bonds. The fraction of sp³-hybridized carbons (Fsp3) is 0.0588. The van der Waals surface area contributed by atoms with Gasteiger partial charge in [0.15, 0.2) is 0 Å². The molecule has 1 aliphatic rings. The van der Waals surface area contributed by atoms with Gasteiger partial charge in [-0.15, -0.1) is 0 Å². The van der Waals surface area contributed by atoms with Crippen LogP contribution >= 0.6 is 0 Å². The van der Waals surface area contributed by atoms with Crippen molar-refractivity contribution in [2.45, 2.75) is 6.42 Å². The Morgan fingerprint density at radius 1 is 0.722 bits per heavy atom. The van der Waals surface area contributed by atoms with Crippen LogP contribution in [0.25, 0.3) is 16.7 Å². The fourth-order valence-corrected chi connectivity index (χ4v) is 2.28. The van der Waals surface area contributed by atoms with E-state index in [4.69, 9.17) is 0 Å². The second-order valence-corrected chi connectivity index (χ2v) is 4.24. The maximum Gasteiger partial charge on any atom is 0 e. The molecule has 0 spiro atoms. The Kier molecular flexibility index (Phi) is 4.50. The van der Waals surface area contributed by atoms with Crippen molar-refractivity contribution in [2.24, 2.45) is 0 Å². The average molecular weight is 310 g/mol. The maximum absolute atomic E-state index is 2.21. The zero-order valence-corrected chi connectivity index (χ0v) is 12.6. The summed E-state index contributed by atoms with van der Waals surface area (Å²) in [4.78, 5) is 0. The quantitative estimate of drug-likeness (QED) is 0.754. The van der Waals surface area contributed by atoms with Crippen molar-refractivity contribution in [1.29, 1.82) is 0 Å². The molecule has 0 radical (unpaired) electrons. The Bertz CT molecular complexity index is 580. The summed E-state index contributed by atoms with van der Waals surface area (Å²) in [6.45, 7) is 0. The number of allylic oxidation sites excluding steroid dienone is 4. The van der Waals surface area contributed by atoms with E-state index in [1.807, 2.05) is 0 Å². The molecule has 0 nitrogen and oxygen atoms in total. The molecule has 0 unspecified atom stereocenters. The Balaban J connectivity index is 0.00000120. The van der Waals surface area contributed by atoms with Gasteiger partial charge in [0.05, 0.1) is 0 Å². The summed E-state index contributed by atoms with van der Waals surface area (Å²) < 4.78 is 0. The third kappa shape index (κ3) is 2.62. The van der Waals surface area contributed by atoms with Crippen LogP contribution in [-0.2, 0) is 26.2 Å². The van der Waals surface area contributed by atoms with E-state index in [1.165, 1.54) is 22.3 Å². The Hall–Kier alpha value is -1.20. The zero-order chi connectivity index (χ0) is 11.5. The summed E-state index contributed by atoms with van der Waals surface area (Å²) in [5, 5.41) is 0. The van der Waals surface area contributed by atoms with E-state index in [2.05, 4.69) is 72.8 Å². The third-order valence-electron chi connectivity index (χ3n) is 3.13. The van der Waals surface area contributed by atoms with E-state index in [1.54, 1.807) is 0 Å². The van der Waals surface area contributed by atoms with Crippen LogP contribution in [0.2, 0.25) is 0 Å². The predicted molar refractivity (Wildman–Crippen MR) is 73.6 cm³/mol. The molecule has 0 saturated heterocycles. The minimum atomic E-state index is 0. The van der Waals surface area contributed by atoms with Crippen LogP contribution in [-0.4, -0.2) is 0 Å². The van der Waals surface area contributed by atoms with Gasteiger partial charge in [-0.2, -0.15) is 0 Å². The van der Waals surface area contributed by atoms with E-state index >= 15 is 0 Å². The molecule has 1 aliphatic carbocycles. The van der Waals surface area contributed by atoms with Crippen molar-refractivity contribution in [3.05, 3.63) is 78.4 Å². The summed E-state index contributed by atoms with van der Waals surface area (Å²) in [5.41, 5.74) is 5.37.